The van der Waals surface area contributed by atoms with Crippen LogP contribution < -0.4 is 10.0 Å². The van der Waals surface area contributed by atoms with Crippen molar-refractivity contribution in [3.8, 4) is 0 Å². The molecule has 2 N–H and O–H groups in total. The van der Waals surface area contributed by atoms with Crippen LogP contribution in [0.5, 0.6) is 0 Å². The summed E-state index contributed by atoms with van der Waals surface area (Å²) in [5, 5.41) is 2.96. The Labute approximate surface area is 154 Å². The van der Waals surface area contributed by atoms with Gasteiger partial charge in [0.1, 0.15) is 0 Å². The summed E-state index contributed by atoms with van der Waals surface area (Å²) >= 11 is 6.05. The number of hydrogen-bond donors (Lipinski definition) is 2. The van der Waals surface area contributed by atoms with Gasteiger partial charge in [-0.3, -0.25) is 4.79 Å². The van der Waals surface area contributed by atoms with Crippen LogP contribution in [0.15, 0.2) is 23.1 Å². The number of sulfonamides is 1. The molecule has 140 valence electrons. The van der Waals surface area contributed by atoms with Crippen LogP contribution in [0.1, 0.15) is 43.5 Å². The summed E-state index contributed by atoms with van der Waals surface area (Å²) in [6.45, 7) is 5.29. The van der Waals surface area contributed by atoms with Gasteiger partial charge in [0, 0.05) is 25.8 Å². The maximum atomic E-state index is 12.3. The van der Waals surface area contributed by atoms with E-state index in [1.165, 1.54) is 31.0 Å². The fourth-order valence-electron chi connectivity index (χ4n) is 2.23. The van der Waals surface area contributed by atoms with Gasteiger partial charge in [-0.25, -0.2) is 13.1 Å². The molecule has 0 spiro atoms. The number of amides is 1. The number of nitrogens with one attached hydrogen (secondary N) is 2. The second-order valence-electron chi connectivity index (χ2n) is 6.55. The highest BCUT2D eigenvalue weighted by atomic mass is 35.5. The summed E-state index contributed by atoms with van der Waals surface area (Å²) in [5.74, 6) is 0.325. The van der Waals surface area contributed by atoms with Crippen molar-refractivity contribution in [3.63, 3.8) is 0 Å². The fourth-order valence-corrected chi connectivity index (χ4v) is 3.71. The molecule has 0 unspecified atom stereocenters. The van der Waals surface area contributed by atoms with Crippen LogP contribution in [-0.4, -0.2) is 40.1 Å². The quantitative estimate of drug-likeness (QED) is 0.603. The Balaban J connectivity index is 1.90. The number of ether oxygens (including phenoxy) is 1. The van der Waals surface area contributed by atoms with E-state index < -0.39 is 15.9 Å². The monoisotopic (exact) mass is 388 g/mol. The zero-order valence-electron chi connectivity index (χ0n) is 14.5. The largest absolute Gasteiger partial charge is 0.381 e. The van der Waals surface area contributed by atoms with Crippen molar-refractivity contribution in [3.05, 3.63) is 28.8 Å². The van der Waals surface area contributed by atoms with Crippen molar-refractivity contribution >= 4 is 27.5 Å². The van der Waals surface area contributed by atoms with E-state index in [0.717, 1.165) is 12.5 Å². The lowest BCUT2D eigenvalue weighted by Gasteiger charge is -2.12. The minimum absolute atomic E-state index is 0.0171. The van der Waals surface area contributed by atoms with Gasteiger partial charge >= 0.3 is 0 Å². The van der Waals surface area contributed by atoms with Crippen molar-refractivity contribution in [1.29, 1.82) is 0 Å². The van der Waals surface area contributed by atoms with E-state index >= 15 is 0 Å². The summed E-state index contributed by atoms with van der Waals surface area (Å²) in [7, 11) is -3.68. The standard InChI is InChI=1S/C17H25ClN2O4S/c1-12(2)20-25(22,23)14-6-7-16(18)15(10-14)17(21)19-8-3-9-24-11-13-4-5-13/h6-7,10,12-13,20H,3-5,8-9,11H2,1-2H3,(H,19,21). The molecule has 2 rings (SSSR count). The molecule has 1 fully saturated rings. The summed E-state index contributed by atoms with van der Waals surface area (Å²) in [4.78, 5) is 12.3. The van der Waals surface area contributed by atoms with Gasteiger partial charge in [0.2, 0.25) is 10.0 Å². The maximum absolute atomic E-state index is 12.3. The van der Waals surface area contributed by atoms with Gasteiger partial charge in [-0.05, 0) is 57.2 Å². The molecule has 0 radical (unpaired) electrons. The molecule has 1 amide bonds. The first-order valence-corrected chi connectivity index (χ1v) is 10.3. The van der Waals surface area contributed by atoms with Gasteiger partial charge < -0.3 is 10.1 Å². The Morgan fingerprint density at radius 1 is 1.36 bits per heavy atom. The van der Waals surface area contributed by atoms with Crippen molar-refractivity contribution in [2.45, 2.75) is 44.0 Å². The highest BCUT2D eigenvalue weighted by molar-refractivity contribution is 7.89. The molecule has 0 bridgehead atoms. The lowest BCUT2D eigenvalue weighted by Crippen LogP contribution is -2.31. The Bertz CT molecular complexity index is 703. The lowest BCUT2D eigenvalue weighted by molar-refractivity contribution is 0.0937. The smallest absolute Gasteiger partial charge is 0.252 e. The Kier molecular flexibility index (Phi) is 7.25. The first kappa shape index (κ1) is 20.2. The summed E-state index contributed by atoms with van der Waals surface area (Å²) in [6, 6.07) is 3.86. The molecule has 1 aromatic rings. The van der Waals surface area contributed by atoms with Gasteiger partial charge in [-0.1, -0.05) is 11.6 Å². The molecule has 1 aliphatic carbocycles. The van der Waals surface area contributed by atoms with Crippen LogP contribution in [0, 0.1) is 5.92 Å². The predicted octanol–water partition coefficient (Wildman–Crippen LogP) is 2.57. The fraction of sp³-hybridized carbons (Fsp3) is 0.588. The molecule has 0 aromatic heterocycles. The molecular formula is C17H25ClN2O4S. The van der Waals surface area contributed by atoms with E-state index in [9.17, 15) is 13.2 Å². The first-order chi connectivity index (χ1) is 11.8. The van der Waals surface area contributed by atoms with E-state index in [4.69, 9.17) is 16.3 Å². The third kappa shape index (κ3) is 6.58. The minimum atomic E-state index is -3.68. The molecule has 0 atom stereocenters. The second kappa shape index (κ2) is 8.98. The molecule has 1 saturated carbocycles. The van der Waals surface area contributed by atoms with Crippen molar-refractivity contribution in [2.24, 2.45) is 5.92 Å². The van der Waals surface area contributed by atoms with Gasteiger partial charge in [0.05, 0.1) is 15.5 Å². The number of carbonyl (C=O) groups is 1. The van der Waals surface area contributed by atoms with Crippen LogP contribution in [0.4, 0.5) is 0 Å². The van der Waals surface area contributed by atoms with Crippen molar-refractivity contribution in [2.75, 3.05) is 19.8 Å². The number of rotatable bonds is 10. The van der Waals surface area contributed by atoms with Crippen molar-refractivity contribution < 1.29 is 17.9 Å². The zero-order chi connectivity index (χ0) is 18.4. The van der Waals surface area contributed by atoms with Crippen LogP contribution in [0.3, 0.4) is 0 Å². The second-order valence-corrected chi connectivity index (χ2v) is 8.67. The van der Waals surface area contributed by atoms with Crippen LogP contribution in [-0.2, 0) is 14.8 Å². The molecule has 8 heteroatoms. The summed E-state index contributed by atoms with van der Waals surface area (Å²) in [5.41, 5.74) is 0.146. The van der Waals surface area contributed by atoms with E-state index in [0.29, 0.717) is 19.6 Å². The maximum Gasteiger partial charge on any atom is 0.252 e. The van der Waals surface area contributed by atoms with Gasteiger partial charge in [-0.15, -0.1) is 0 Å². The Morgan fingerprint density at radius 2 is 2.08 bits per heavy atom. The Hall–Kier alpha value is -1.15. The highest BCUT2D eigenvalue weighted by Crippen LogP contribution is 2.28. The van der Waals surface area contributed by atoms with E-state index in [1.807, 2.05) is 0 Å². The summed E-state index contributed by atoms with van der Waals surface area (Å²) < 4.78 is 32.4. The number of halogens is 1. The third-order valence-corrected chi connectivity index (χ3v) is 5.67. The number of benzene rings is 1. The van der Waals surface area contributed by atoms with Crippen LogP contribution >= 0.6 is 11.6 Å². The molecule has 0 aliphatic heterocycles. The minimum Gasteiger partial charge on any atom is -0.381 e. The summed E-state index contributed by atoms with van der Waals surface area (Å²) in [6.07, 6.45) is 3.20. The topological polar surface area (TPSA) is 84.5 Å². The molecule has 1 aromatic carbocycles. The third-order valence-electron chi connectivity index (χ3n) is 3.69. The SMILES string of the molecule is CC(C)NS(=O)(=O)c1ccc(Cl)c(C(=O)NCCCOCC2CC2)c1. The number of carbonyl (C=O) groups excluding carboxylic acids is 1. The van der Waals surface area contributed by atoms with Crippen LogP contribution in [0.2, 0.25) is 5.02 Å². The molecular weight excluding hydrogens is 364 g/mol. The molecule has 0 saturated heterocycles. The van der Waals surface area contributed by atoms with Gasteiger partial charge in [0.15, 0.2) is 0 Å². The molecule has 0 heterocycles. The lowest BCUT2D eigenvalue weighted by atomic mass is 10.2. The molecule has 1 aliphatic rings. The normalized spacial score (nSPS) is 14.7. The zero-order valence-corrected chi connectivity index (χ0v) is 16.1. The van der Waals surface area contributed by atoms with E-state index in [2.05, 4.69) is 10.0 Å². The highest BCUT2D eigenvalue weighted by Gasteiger charge is 2.21. The molecule has 25 heavy (non-hydrogen) atoms. The van der Waals surface area contributed by atoms with E-state index in [1.54, 1.807) is 13.8 Å². The Morgan fingerprint density at radius 3 is 2.72 bits per heavy atom. The van der Waals surface area contributed by atoms with Gasteiger partial charge in [0.25, 0.3) is 5.91 Å². The first-order valence-electron chi connectivity index (χ1n) is 8.47. The number of hydrogen-bond acceptors (Lipinski definition) is 4. The predicted molar refractivity (Wildman–Crippen MR) is 97.4 cm³/mol. The molecule has 6 nitrogen and oxygen atoms in total. The van der Waals surface area contributed by atoms with Gasteiger partial charge in [-0.2, -0.15) is 0 Å². The van der Waals surface area contributed by atoms with E-state index in [-0.39, 0.29) is 21.5 Å². The average Bonchev–Trinajstić information content (AvgIpc) is 3.33. The average molecular weight is 389 g/mol. The van der Waals surface area contributed by atoms with Crippen LogP contribution in [0.25, 0.3) is 0 Å². The van der Waals surface area contributed by atoms with Crippen molar-refractivity contribution in [1.82, 2.24) is 10.0 Å².